The third-order valence-corrected chi connectivity index (χ3v) is 4.26. The van der Waals surface area contributed by atoms with Crippen LogP contribution in [0.3, 0.4) is 0 Å². The van der Waals surface area contributed by atoms with Crippen LogP contribution in [-0.4, -0.2) is 52.6 Å². The topological polar surface area (TPSA) is 43.8 Å². The van der Waals surface area contributed by atoms with E-state index in [-0.39, 0.29) is 6.54 Å². The molecule has 0 radical (unpaired) electrons. The Hall–Kier alpha value is -1.39. The van der Waals surface area contributed by atoms with Crippen LogP contribution >= 0.6 is 0 Å². The van der Waals surface area contributed by atoms with E-state index in [1.54, 1.807) is 0 Å². The van der Waals surface area contributed by atoms with Crippen LogP contribution in [0.5, 0.6) is 0 Å². The maximum Gasteiger partial charge on any atom is 0.317 e. The van der Waals surface area contributed by atoms with Crippen molar-refractivity contribution in [3.63, 3.8) is 0 Å². The molecule has 0 bridgehead atoms. The number of carboxylic acids is 1. The van der Waals surface area contributed by atoms with E-state index in [0.29, 0.717) is 12.1 Å². The van der Waals surface area contributed by atoms with Gasteiger partial charge in [-0.3, -0.25) is 14.6 Å². The summed E-state index contributed by atoms with van der Waals surface area (Å²) in [5, 5.41) is 8.87. The number of carbonyl (C=O) groups is 1. The molecule has 0 aromatic heterocycles. The molecule has 0 amide bonds. The molecule has 4 heteroatoms. The highest BCUT2D eigenvalue weighted by molar-refractivity contribution is 5.69. The number of hydrogen-bond donors (Lipinski definition) is 1. The second-order valence-corrected chi connectivity index (χ2v) is 6.15. The molecule has 21 heavy (non-hydrogen) atoms. The van der Waals surface area contributed by atoms with Crippen molar-refractivity contribution in [2.24, 2.45) is 0 Å². The van der Waals surface area contributed by atoms with Crippen LogP contribution in [0.4, 0.5) is 0 Å². The molecule has 1 fully saturated rings. The monoisotopic (exact) mass is 290 g/mol. The predicted molar refractivity (Wildman–Crippen MR) is 84.2 cm³/mol. The van der Waals surface area contributed by atoms with E-state index in [1.807, 2.05) is 11.0 Å². The lowest BCUT2D eigenvalue weighted by molar-refractivity contribution is -0.138. The third-order valence-electron chi connectivity index (χ3n) is 4.26. The smallest absolute Gasteiger partial charge is 0.317 e. The van der Waals surface area contributed by atoms with Gasteiger partial charge >= 0.3 is 5.97 Å². The lowest BCUT2D eigenvalue weighted by Gasteiger charge is -2.40. The molecule has 1 N–H and O–H groups in total. The average Bonchev–Trinajstić information content (AvgIpc) is 2.46. The number of piperidine rings is 1. The predicted octanol–water partition coefficient (Wildman–Crippen LogP) is 2.45. The van der Waals surface area contributed by atoms with Crippen molar-refractivity contribution in [2.75, 3.05) is 19.6 Å². The van der Waals surface area contributed by atoms with Gasteiger partial charge < -0.3 is 5.11 Å². The number of likely N-dealkylation sites (tertiary alicyclic amines) is 1. The highest BCUT2D eigenvalue weighted by Crippen LogP contribution is 2.21. The minimum atomic E-state index is -0.724. The molecule has 1 aromatic carbocycles. The van der Waals surface area contributed by atoms with Crippen LogP contribution in [0.2, 0.25) is 0 Å². The molecule has 116 valence electrons. The van der Waals surface area contributed by atoms with E-state index in [4.69, 9.17) is 5.11 Å². The first-order chi connectivity index (χ1) is 10.1. The Labute approximate surface area is 127 Å². The van der Waals surface area contributed by atoms with Crippen LogP contribution in [0, 0.1) is 0 Å². The number of benzene rings is 1. The van der Waals surface area contributed by atoms with Gasteiger partial charge in [-0.1, -0.05) is 30.3 Å². The summed E-state index contributed by atoms with van der Waals surface area (Å²) in [6, 6.07) is 11.6. The maximum atomic E-state index is 10.8. The van der Waals surface area contributed by atoms with E-state index >= 15 is 0 Å². The van der Waals surface area contributed by atoms with Gasteiger partial charge in [-0.2, -0.15) is 0 Å². The second kappa shape index (κ2) is 7.57. The summed E-state index contributed by atoms with van der Waals surface area (Å²) in [5.74, 6) is -0.724. The van der Waals surface area contributed by atoms with Crippen molar-refractivity contribution >= 4 is 5.97 Å². The van der Waals surface area contributed by atoms with E-state index in [1.165, 1.54) is 5.56 Å². The van der Waals surface area contributed by atoms with Gasteiger partial charge in [0.05, 0.1) is 6.54 Å². The van der Waals surface area contributed by atoms with Crippen LogP contribution < -0.4 is 0 Å². The zero-order valence-corrected chi connectivity index (χ0v) is 13.0. The summed E-state index contributed by atoms with van der Waals surface area (Å²) in [5.41, 5.74) is 1.35. The lowest BCUT2D eigenvalue weighted by atomic mass is 10.0. The second-order valence-electron chi connectivity index (χ2n) is 6.15. The molecule has 0 aliphatic carbocycles. The fraction of sp³-hybridized carbons (Fsp3) is 0.588. The normalized spacial score (nSPS) is 17.5. The zero-order valence-electron chi connectivity index (χ0n) is 13.0. The molecule has 0 spiro atoms. The molecule has 4 nitrogen and oxygen atoms in total. The van der Waals surface area contributed by atoms with Gasteiger partial charge in [0.15, 0.2) is 0 Å². The summed E-state index contributed by atoms with van der Waals surface area (Å²) >= 11 is 0. The molecule has 1 aromatic rings. The third kappa shape index (κ3) is 4.83. The van der Waals surface area contributed by atoms with Crippen molar-refractivity contribution in [3.8, 4) is 0 Å². The number of rotatable bonds is 6. The summed E-state index contributed by atoms with van der Waals surface area (Å²) in [4.78, 5) is 15.4. The van der Waals surface area contributed by atoms with Crippen LogP contribution in [0.25, 0.3) is 0 Å². The number of hydrogen-bond acceptors (Lipinski definition) is 3. The van der Waals surface area contributed by atoms with Gasteiger partial charge in [0.2, 0.25) is 0 Å². The fourth-order valence-corrected chi connectivity index (χ4v) is 3.13. The SMILES string of the molecule is CC(C)N(Cc1ccccc1)C1CCN(CC(=O)O)CC1. The Morgan fingerprint density at radius 3 is 2.43 bits per heavy atom. The Morgan fingerprint density at radius 1 is 1.29 bits per heavy atom. The Kier molecular flexibility index (Phi) is 5.76. The van der Waals surface area contributed by atoms with E-state index in [9.17, 15) is 4.79 Å². The number of aliphatic carboxylic acids is 1. The summed E-state index contributed by atoms with van der Waals surface area (Å²) in [7, 11) is 0. The van der Waals surface area contributed by atoms with Gasteiger partial charge in [-0.05, 0) is 32.3 Å². The van der Waals surface area contributed by atoms with E-state index < -0.39 is 5.97 Å². The van der Waals surface area contributed by atoms with Crippen LogP contribution in [0.15, 0.2) is 30.3 Å². The number of carboxylic acid groups (broad SMARTS) is 1. The molecule has 0 unspecified atom stereocenters. The molecule has 1 saturated heterocycles. The van der Waals surface area contributed by atoms with E-state index in [2.05, 4.69) is 43.0 Å². The Morgan fingerprint density at radius 2 is 1.90 bits per heavy atom. The quantitative estimate of drug-likeness (QED) is 0.874. The van der Waals surface area contributed by atoms with Crippen molar-refractivity contribution < 1.29 is 9.90 Å². The number of nitrogens with zero attached hydrogens (tertiary/aromatic N) is 2. The molecule has 1 aliphatic rings. The van der Waals surface area contributed by atoms with Gasteiger partial charge in [0, 0.05) is 31.7 Å². The maximum absolute atomic E-state index is 10.8. The van der Waals surface area contributed by atoms with Gasteiger partial charge in [-0.15, -0.1) is 0 Å². The molecular formula is C17H26N2O2. The van der Waals surface area contributed by atoms with Crippen LogP contribution in [0.1, 0.15) is 32.3 Å². The van der Waals surface area contributed by atoms with Gasteiger partial charge in [-0.25, -0.2) is 0 Å². The summed E-state index contributed by atoms with van der Waals surface area (Å²) in [6.45, 7) is 7.40. The van der Waals surface area contributed by atoms with Crippen molar-refractivity contribution in [2.45, 2.75) is 45.3 Å². The highest BCUT2D eigenvalue weighted by Gasteiger charge is 2.26. The molecular weight excluding hydrogens is 264 g/mol. The molecule has 1 aliphatic heterocycles. The van der Waals surface area contributed by atoms with Gasteiger partial charge in [0.25, 0.3) is 0 Å². The minimum absolute atomic E-state index is 0.174. The Balaban J connectivity index is 1.93. The van der Waals surface area contributed by atoms with Crippen molar-refractivity contribution in [1.82, 2.24) is 9.80 Å². The molecule has 0 atom stereocenters. The van der Waals surface area contributed by atoms with Crippen molar-refractivity contribution in [3.05, 3.63) is 35.9 Å². The lowest BCUT2D eigenvalue weighted by Crippen LogP contribution is -2.48. The van der Waals surface area contributed by atoms with E-state index in [0.717, 1.165) is 32.5 Å². The molecule has 0 saturated carbocycles. The average molecular weight is 290 g/mol. The zero-order chi connectivity index (χ0) is 15.2. The van der Waals surface area contributed by atoms with Crippen molar-refractivity contribution in [1.29, 1.82) is 0 Å². The largest absolute Gasteiger partial charge is 0.480 e. The van der Waals surface area contributed by atoms with Crippen LogP contribution in [-0.2, 0) is 11.3 Å². The summed E-state index contributed by atoms with van der Waals surface area (Å²) in [6.07, 6.45) is 2.11. The fourth-order valence-electron chi connectivity index (χ4n) is 3.13. The first-order valence-corrected chi connectivity index (χ1v) is 7.80. The Bertz CT molecular complexity index is 439. The minimum Gasteiger partial charge on any atom is -0.480 e. The standard InChI is InChI=1S/C17H26N2O2/c1-14(2)19(12-15-6-4-3-5-7-15)16-8-10-18(11-9-16)13-17(20)21/h3-7,14,16H,8-13H2,1-2H3,(H,20,21). The first kappa shape index (κ1) is 16.0. The van der Waals surface area contributed by atoms with Gasteiger partial charge in [0.1, 0.15) is 0 Å². The first-order valence-electron chi connectivity index (χ1n) is 7.80. The molecule has 2 rings (SSSR count). The molecule has 1 heterocycles. The highest BCUT2D eigenvalue weighted by atomic mass is 16.4. The summed E-state index contributed by atoms with van der Waals surface area (Å²) < 4.78 is 0.